The molecule has 12 heavy (non-hydrogen) atoms. The van der Waals surface area contributed by atoms with Crippen LogP contribution in [-0.2, 0) is 4.79 Å². The smallest absolute Gasteiger partial charge is 0.328 e. The lowest BCUT2D eigenvalue weighted by Gasteiger charge is -2.07. The maximum Gasteiger partial charge on any atom is 0.328 e. The van der Waals surface area contributed by atoms with Gasteiger partial charge in [-0.2, -0.15) is 0 Å². The summed E-state index contributed by atoms with van der Waals surface area (Å²) in [7, 11) is -1.19. The zero-order valence-electron chi connectivity index (χ0n) is 8.09. The van der Waals surface area contributed by atoms with Crippen LogP contribution in [-0.4, -0.2) is 19.1 Å². The molecule has 1 N–H and O–H groups in total. The van der Waals surface area contributed by atoms with Gasteiger partial charge in [0.1, 0.15) is 0 Å². The van der Waals surface area contributed by atoms with Gasteiger partial charge in [-0.1, -0.05) is 31.4 Å². The molecule has 0 aromatic carbocycles. The van der Waals surface area contributed by atoms with E-state index in [1.165, 1.54) is 6.08 Å². The third-order valence-corrected chi connectivity index (χ3v) is 2.36. The van der Waals surface area contributed by atoms with Crippen LogP contribution in [0.1, 0.15) is 6.92 Å². The Balaban J connectivity index is 4.27. The van der Waals surface area contributed by atoms with Gasteiger partial charge >= 0.3 is 5.97 Å². The molecule has 0 rings (SSSR count). The van der Waals surface area contributed by atoms with Gasteiger partial charge in [-0.25, -0.2) is 4.79 Å². The van der Waals surface area contributed by atoms with Gasteiger partial charge in [-0.05, 0) is 12.5 Å². The highest BCUT2D eigenvalue weighted by Crippen LogP contribution is 2.04. The molecular weight excluding hydrogens is 168 g/mol. The minimum Gasteiger partial charge on any atom is -0.478 e. The summed E-state index contributed by atoms with van der Waals surface area (Å²) in [6.07, 6.45) is 3.11. The molecule has 0 aliphatic rings. The summed E-state index contributed by atoms with van der Waals surface area (Å²) in [6, 6.07) is 0. The number of hydrogen-bond acceptors (Lipinski definition) is 1. The van der Waals surface area contributed by atoms with E-state index in [2.05, 4.69) is 25.3 Å². The Morgan fingerprint density at radius 1 is 1.33 bits per heavy atom. The fourth-order valence-corrected chi connectivity index (χ4v) is 1.39. The van der Waals surface area contributed by atoms with Crippen LogP contribution >= 0.6 is 0 Å². The van der Waals surface area contributed by atoms with E-state index >= 15 is 0 Å². The van der Waals surface area contributed by atoms with Crippen LogP contribution in [0.5, 0.6) is 0 Å². The molecule has 0 aromatic heterocycles. The lowest BCUT2D eigenvalue weighted by molar-refractivity contribution is -0.131. The molecule has 0 fully saturated rings. The van der Waals surface area contributed by atoms with Crippen molar-refractivity contribution in [1.82, 2.24) is 0 Å². The maximum absolute atomic E-state index is 10.2. The van der Waals surface area contributed by atoms with Crippen molar-refractivity contribution in [3.8, 4) is 0 Å². The van der Waals surface area contributed by atoms with E-state index in [0.29, 0.717) is 0 Å². The zero-order chi connectivity index (χ0) is 9.78. The van der Waals surface area contributed by atoms with Crippen molar-refractivity contribution in [2.24, 2.45) is 0 Å². The molecule has 0 radical (unpaired) electrons. The topological polar surface area (TPSA) is 37.3 Å². The molecule has 0 heterocycles. The van der Waals surface area contributed by atoms with Gasteiger partial charge in [0.05, 0.1) is 8.07 Å². The van der Waals surface area contributed by atoms with Crippen molar-refractivity contribution >= 4 is 14.0 Å². The van der Waals surface area contributed by atoms with Gasteiger partial charge in [0, 0.05) is 6.08 Å². The molecule has 2 nitrogen and oxygen atoms in total. The lowest BCUT2D eigenvalue weighted by atomic mass is 10.3. The molecule has 0 amide bonds. The number of allylic oxidation sites excluding steroid dienone is 2. The molecule has 0 aliphatic heterocycles. The molecule has 3 heteroatoms. The summed E-state index contributed by atoms with van der Waals surface area (Å²) >= 11 is 0. The summed E-state index contributed by atoms with van der Waals surface area (Å²) in [6.45, 7) is 8.41. The Morgan fingerprint density at radius 2 is 1.83 bits per heavy atom. The average Bonchev–Trinajstić information content (AvgIpc) is 1.80. The third kappa shape index (κ3) is 7.28. The van der Waals surface area contributed by atoms with E-state index in [1.807, 2.05) is 6.08 Å². The van der Waals surface area contributed by atoms with Gasteiger partial charge in [0.15, 0.2) is 0 Å². The molecule has 0 bridgehead atoms. The van der Waals surface area contributed by atoms with Gasteiger partial charge < -0.3 is 5.11 Å². The van der Waals surface area contributed by atoms with Crippen molar-refractivity contribution in [2.45, 2.75) is 26.6 Å². The van der Waals surface area contributed by atoms with Gasteiger partial charge in [0.25, 0.3) is 0 Å². The molecule has 68 valence electrons. The van der Waals surface area contributed by atoms with Crippen LogP contribution in [0, 0.1) is 0 Å². The largest absolute Gasteiger partial charge is 0.478 e. The number of carboxylic acid groups (broad SMARTS) is 1. The van der Waals surface area contributed by atoms with E-state index in [1.54, 1.807) is 6.92 Å². The van der Waals surface area contributed by atoms with Crippen LogP contribution in [0.2, 0.25) is 19.6 Å². The number of carbonyl (C=O) groups is 1. The molecule has 0 saturated heterocycles. The Bertz CT molecular complexity index is 221. The van der Waals surface area contributed by atoms with Crippen LogP contribution in [0.4, 0.5) is 0 Å². The number of hydrogen-bond donors (Lipinski definition) is 1. The van der Waals surface area contributed by atoms with Gasteiger partial charge in [-0.3, -0.25) is 0 Å². The Morgan fingerprint density at radius 3 is 2.17 bits per heavy atom. The Hall–Kier alpha value is -0.833. The predicted octanol–water partition coefficient (Wildman–Crippen LogP) is 2.45. The number of carboxylic acids is 1. The summed E-state index contributed by atoms with van der Waals surface area (Å²) in [5, 5.41) is 8.41. The van der Waals surface area contributed by atoms with Crippen molar-refractivity contribution in [3.05, 3.63) is 23.4 Å². The molecule has 0 spiro atoms. The minimum absolute atomic E-state index is 0.796. The molecule has 0 unspecified atom stereocenters. The summed E-state index contributed by atoms with van der Waals surface area (Å²) < 4.78 is 0. The standard InChI is InChI=1S/C9H16O2Si/c1-8(7-9(10)11)5-6-12(2,3)4/h5-7H,1-4H3,(H,10,11)/b6-5+,8-7+. The van der Waals surface area contributed by atoms with E-state index in [0.717, 1.165) is 5.57 Å². The first kappa shape index (κ1) is 11.2. The second-order valence-electron chi connectivity index (χ2n) is 3.93. The first-order chi connectivity index (χ1) is 5.31. The number of aliphatic carboxylic acids is 1. The summed E-state index contributed by atoms with van der Waals surface area (Å²) in [5.41, 5.74) is 2.92. The third-order valence-electron chi connectivity index (χ3n) is 1.20. The highest BCUT2D eigenvalue weighted by molar-refractivity contribution is 6.81. The highest BCUT2D eigenvalue weighted by atomic mass is 28.3. The first-order valence-electron chi connectivity index (χ1n) is 3.92. The van der Waals surface area contributed by atoms with E-state index in [4.69, 9.17) is 5.11 Å². The minimum atomic E-state index is -1.19. The van der Waals surface area contributed by atoms with Crippen molar-refractivity contribution < 1.29 is 9.90 Å². The van der Waals surface area contributed by atoms with Crippen molar-refractivity contribution in [2.75, 3.05) is 0 Å². The van der Waals surface area contributed by atoms with Crippen LogP contribution in [0.15, 0.2) is 23.4 Å². The highest BCUT2D eigenvalue weighted by Gasteiger charge is 2.06. The van der Waals surface area contributed by atoms with Crippen LogP contribution in [0.3, 0.4) is 0 Å². The quantitative estimate of drug-likeness (QED) is 0.415. The fourth-order valence-electron chi connectivity index (χ4n) is 0.624. The average molecular weight is 184 g/mol. The van der Waals surface area contributed by atoms with E-state index < -0.39 is 14.0 Å². The lowest BCUT2D eigenvalue weighted by Crippen LogP contribution is -2.15. The Labute approximate surface area is 74.6 Å². The SMILES string of the molecule is CC(/C=C/[Si](C)(C)C)=C\C(=O)O. The first-order valence-corrected chi connectivity index (χ1v) is 7.49. The van der Waals surface area contributed by atoms with E-state index in [9.17, 15) is 4.79 Å². The molecule has 0 saturated carbocycles. The van der Waals surface area contributed by atoms with Crippen LogP contribution < -0.4 is 0 Å². The molecule has 0 aromatic rings. The van der Waals surface area contributed by atoms with Crippen LogP contribution in [0.25, 0.3) is 0 Å². The van der Waals surface area contributed by atoms with Gasteiger partial charge in [-0.15, -0.1) is 0 Å². The predicted molar refractivity (Wildman–Crippen MR) is 53.9 cm³/mol. The van der Waals surface area contributed by atoms with E-state index in [-0.39, 0.29) is 0 Å². The molecule has 0 aliphatic carbocycles. The molecular formula is C9H16O2Si. The van der Waals surface area contributed by atoms with Crippen molar-refractivity contribution in [3.63, 3.8) is 0 Å². The monoisotopic (exact) mass is 184 g/mol. The summed E-state index contributed by atoms with van der Waals surface area (Å²) in [4.78, 5) is 10.2. The maximum atomic E-state index is 10.2. The zero-order valence-corrected chi connectivity index (χ0v) is 9.09. The van der Waals surface area contributed by atoms with Crippen molar-refractivity contribution in [1.29, 1.82) is 0 Å². The second-order valence-corrected chi connectivity index (χ2v) is 8.99. The summed E-state index contributed by atoms with van der Waals surface area (Å²) in [5.74, 6) is -0.882. The van der Waals surface area contributed by atoms with Gasteiger partial charge in [0.2, 0.25) is 0 Å². The Kier molecular flexibility index (Phi) is 3.96. The fraction of sp³-hybridized carbons (Fsp3) is 0.444. The number of rotatable bonds is 3. The molecule has 0 atom stereocenters. The normalized spacial score (nSPS) is 13.8. The second kappa shape index (κ2) is 4.26.